The van der Waals surface area contributed by atoms with E-state index in [4.69, 9.17) is 0 Å². The zero-order chi connectivity index (χ0) is 13.3. The van der Waals surface area contributed by atoms with Crippen molar-refractivity contribution < 1.29 is 13.2 Å². The molecule has 0 radical (unpaired) electrons. The molecule has 1 atom stereocenters. The Labute approximate surface area is 115 Å². The molecule has 0 spiro atoms. The van der Waals surface area contributed by atoms with Gasteiger partial charge in [0.05, 0.1) is 4.90 Å². The van der Waals surface area contributed by atoms with Gasteiger partial charge in [0.2, 0.25) is 5.91 Å². The standard InChI is InChI=1S/C12H14BrNO3S/c1-2-9-6-12(15)14(8-9)18(16,17)11-5-3-4-10(13)7-11/h3-5,7,9H,2,6,8H2,1H3. The van der Waals surface area contributed by atoms with E-state index in [9.17, 15) is 13.2 Å². The van der Waals surface area contributed by atoms with Crippen LogP contribution in [0.3, 0.4) is 0 Å². The van der Waals surface area contributed by atoms with Crippen molar-refractivity contribution in [3.63, 3.8) is 0 Å². The Bertz CT molecular complexity index is 570. The van der Waals surface area contributed by atoms with Gasteiger partial charge in [0, 0.05) is 17.4 Å². The third kappa shape index (κ3) is 2.44. The maximum Gasteiger partial charge on any atom is 0.266 e. The maximum atomic E-state index is 12.3. The van der Waals surface area contributed by atoms with Crippen molar-refractivity contribution in [1.29, 1.82) is 0 Å². The zero-order valence-electron chi connectivity index (χ0n) is 9.97. The molecule has 1 aliphatic heterocycles. The second-order valence-corrected chi connectivity index (χ2v) is 7.14. The van der Waals surface area contributed by atoms with E-state index in [1.165, 1.54) is 12.1 Å². The smallest absolute Gasteiger partial charge is 0.266 e. The predicted molar refractivity (Wildman–Crippen MR) is 71.4 cm³/mol. The SMILES string of the molecule is CCC1CC(=O)N(S(=O)(=O)c2cccc(Br)c2)C1. The molecule has 6 heteroatoms. The molecule has 2 rings (SSSR count). The molecular formula is C12H14BrNO3S. The molecule has 1 saturated heterocycles. The summed E-state index contributed by atoms with van der Waals surface area (Å²) >= 11 is 3.24. The summed E-state index contributed by atoms with van der Waals surface area (Å²) in [5.41, 5.74) is 0. The minimum absolute atomic E-state index is 0.138. The molecule has 1 fully saturated rings. The number of rotatable bonds is 3. The van der Waals surface area contributed by atoms with Crippen LogP contribution in [0.15, 0.2) is 33.6 Å². The Morgan fingerprint density at radius 3 is 2.72 bits per heavy atom. The van der Waals surface area contributed by atoms with Gasteiger partial charge in [0.15, 0.2) is 0 Å². The molecule has 0 aromatic heterocycles. The van der Waals surface area contributed by atoms with Crippen molar-refractivity contribution >= 4 is 31.9 Å². The summed E-state index contributed by atoms with van der Waals surface area (Å²) in [5.74, 6) is -0.166. The molecule has 98 valence electrons. The fourth-order valence-electron chi connectivity index (χ4n) is 2.01. The zero-order valence-corrected chi connectivity index (χ0v) is 12.4. The lowest BCUT2D eigenvalue weighted by Crippen LogP contribution is -2.32. The van der Waals surface area contributed by atoms with Gasteiger partial charge in [-0.2, -0.15) is 0 Å². The van der Waals surface area contributed by atoms with Gasteiger partial charge in [-0.05, 0) is 24.1 Å². The fraction of sp³-hybridized carbons (Fsp3) is 0.417. The summed E-state index contributed by atoms with van der Waals surface area (Å²) in [6, 6.07) is 6.42. The maximum absolute atomic E-state index is 12.3. The van der Waals surface area contributed by atoms with Gasteiger partial charge in [-0.3, -0.25) is 4.79 Å². The molecule has 1 unspecified atom stereocenters. The Morgan fingerprint density at radius 2 is 2.17 bits per heavy atom. The average molecular weight is 332 g/mol. The molecular weight excluding hydrogens is 318 g/mol. The van der Waals surface area contributed by atoms with Crippen molar-refractivity contribution in [2.45, 2.75) is 24.7 Å². The molecule has 1 amide bonds. The quantitative estimate of drug-likeness (QED) is 0.854. The summed E-state index contributed by atoms with van der Waals surface area (Å²) in [6.07, 6.45) is 1.14. The molecule has 1 aromatic carbocycles. The number of hydrogen-bond donors (Lipinski definition) is 0. The second-order valence-electron chi connectivity index (χ2n) is 4.37. The lowest BCUT2D eigenvalue weighted by molar-refractivity contribution is -0.123. The molecule has 1 heterocycles. The third-order valence-corrected chi connectivity index (χ3v) is 5.40. The van der Waals surface area contributed by atoms with E-state index >= 15 is 0 Å². The first-order valence-corrected chi connectivity index (χ1v) is 7.99. The lowest BCUT2D eigenvalue weighted by atomic mass is 10.1. The molecule has 0 N–H and O–H groups in total. The molecule has 0 aliphatic carbocycles. The number of benzene rings is 1. The van der Waals surface area contributed by atoms with Crippen LogP contribution in [0.1, 0.15) is 19.8 Å². The van der Waals surface area contributed by atoms with Crippen LogP contribution in [-0.4, -0.2) is 25.2 Å². The van der Waals surface area contributed by atoms with Gasteiger partial charge >= 0.3 is 0 Å². The van der Waals surface area contributed by atoms with E-state index in [1.54, 1.807) is 12.1 Å². The van der Waals surface area contributed by atoms with E-state index in [1.807, 2.05) is 6.92 Å². The van der Waals surface area contributed by atoms with Crippen LogP contribution in [0.4, 0.5) is 0 Å². The summed E-state index contributed by atoms with van der Waals surface area (Å²) in [4.78, 5) is 11.9. The summed E-state index contributed by atoms with van der Waals surface area (Å²) in [5, 5.41) is 0. The predicted octanol–water partition coefficient (Wildman–Crippen LogP) is 2.40. The van der Waals surface area contributed by atoms with Crippen molar-refractivity contribution in [3.05, 3.63) is 28.7 Å². The third-order valence-electron chi connectivity index (χ3n) is 3.13. The first kappa shape index (κ1) is 13.5. The first-order valence-electron chi connectivity index (χ1n) is 5.76. The van der Waals surface area contributed by atoms with Gasteiger partial charge in [0.25, 0.3) is 10.0 Å². The highest BCUT2D eigenvalue weighted by Gasteiger charge is 2.37. The van der Waals surface area contributed by atoms with Crippen LogP contribution in [0, 0.1) is 5.92 Å². The largest absolute Gasteiger partial charge is 0.274 e. The minimum Gasteiger partial charge on any atom is -0.274 e. The van der Waals surface area contributed by atoms with Crippen LogP contribution in [0.25, 0.3) is 0 Å². The van der Waals surface area contributed by atoms with Crippen LogP contribution in [0.5, 0.6) is 0 Å². The summed E-state index contributed by atoms with van der Waals surface area (Å²) in [7, 11) is -3.70. The molecule has 4 nitrogen and oxygen atoms in total. The van der Waals surface area contributed by atoms with Gasteiger partial charge in [-0.15, -0.1) is 0 Å². The summed E-state index contributed by atoms with van der Waals surface area (Å²) in [6.45, 7) is 2.26. The van der Waals surface area contributed by atoms with Crippen LogP contribution in [-0.2, 0) is 14.8 Å². The van der Waals surface area contributed by atoms with Crippen LogP contribution < -0.4 is 0 Å². The topological polar surface area (TPSA) is 54.5 Å². The van der Waals surface area contributed by atoms with Gasteiger partial charge in [0.1, 0.15) is 0 Å². The van der Waals surface area contributed by atoms with E-state index in [0.29, 0.717) is 17.4 Å². The highest BCUT2D eigenvalue weighted by Crippen LogP contribution is 2.28. The van der Waals surface area contributed by atoms with E-state index < -0.39 is 10.0 Å². The van der Waals surface area contributed by atoms with Gasteiger partial charge < -0.3 is 0 Å². The number of hydrogen-bond acceptors (Lipinski definition) is 3. The molecule has 0 bridgehead atoms. The van der Waals surface area contributed by atoms with Crippen molar-refractivity contribution in [3.8, 4) is 0 Å². The van der Waals surface area contributed by atoms with Crippen molar-refractivity contribution in [1.82, 2.24) is 4.31 Å². The number of carbonyl (C=O) groups excluding carboxylic acids is 1. The Morgan fingerprint density at radius 1 is 1.44 bits per heavy atom. The number of carbonyl (C=O) groups is 1. The van der Waals surface area contributed by atoms with E-state index in [-0.39, 0.29) is 16.7 Å². The molecule has 0 saturated carbocycles. The molecule has 1 aromatic rings. The van der Waals surface area contributed by atoms with Crippen LogP contribution in [0.2, 0.25) is 0 Å². The normalized spacial score (nSPS) is 20.4. The number of amides is 1. The summed E-state index contributed by atoms with van der Waals surface area (Å²) < 4.78 is 26.4. The second kappa shape index (κ2) is 5.01. The Balaban J connectivity index is 2.35. The minimum atomic E-state index is -3.70. The van der Waals surface area contributed by atoms with Crippen LogP contribution >= 0.6 is 15.9 Å². The van der Waals surface area contributed by atoms with Crippen molar-refractivity contribution in [2.75, 3.05) is 6.54 Å². The van der Waals surface area contributed by atoms with Crippen molar-refractivity contribution in [2.24, 2.45) is 5.92 Å². The number of nitrogens with zero attached hydrogens (tertiary/aromatic N) is 1. The van der Waals surface area contributed by atoms with E-state index in [2.05, 4.69) is 15.9 Å². The van der Waals surface area contributed by atoms with E-state index in [0.717, 1.165) is 10.7 Å². The fourth-order valence-corrected chi connectivity index (χ4v) is 4.09. The van der Waals surface area contributed by atoms with Gasteiger partial charge in [-0.25, -0.2) is 12.7 Å². The molecule has 18 heavy (non-hydrogen) atoms. The lowest BCUT2D eigenvalue weighted by Gasteiger charge is -2.17. The average Bonchev–Trinajstić information content (AvgIpc) is 2.71. The number of sulfonamides is 1. The Kier molecular flexibility index (Phi) is 3.77. The first-order chi connectivity index (χ1) is 8.45. The highest BCUT2D eigenvalue weighted by molar-refractivity contribution is 9.10. The monoisotopic (exact) mass is 331 g/mol. The molecule has 1 aliphatic rings. The number of halogens is 1. The Hall–Kier alpha value is -0.880. The van der Waals surface area contributed by atoms with Gasteiger partial charge in [-0.1, -0.05) is 35.3 Å². The highest BCUT2D eigenvalue weighted by atomic mass is 79.9.